The van der Waals surface area contributed by atoms with Crippen LogP contribution >= 0.6 is 11.6 Å². The number of hydrogen-bond donors (Lipinski definition) is 1. The van der Waals surface area contributed by atoms with Crippen LogP contribution in [0, 0.1) is 0 Å². The largest absolute Gasteiger partial charge is 0.378 e. The number of halogens is 1. The van der Waals surface area contributed by atoms with Gasteiger partial charge in [0, 0.05) is 26.1 Å². The number of rotatable bonds is 5. The Morgan fingerprint density at radius 3 is 2.89 bits per heavy atom. The summed E-state index contributed by atoms with van der Waals surface area (Å²) in [5.41, 5.74) is 8.25. The molecule has 2 N–H and O–H groups in total. The number of nitrogens with two attached hydrogens (primary N) is 1. The lowest BCUT2D eigenvalue weighted by Gasteiger charge is -2.25. The van der Waals surface area contributed by atoms with Gasteiger partial charge >= 0.3 is 0 Å². The lowest BCUT2D eigenvalue weighted by atomic mass is 9.99. The molecule has 1 aliphatic rings. The van der Waals surface area contributed by atoms with Crippen LogP contribution in [0.5, 0.6) is 0 Å². The highest BCUT2D eigenvalue weighted by Gasteiger charge is 2.20. The minimum absolute atomic E-state index is 0.0840. The molecule has 1 aromatic heterocycles. The van der Waals surface area contributed by atoms with Crippen molar-refractivity contribution in [1.82, 2.24) is 9.78 Å². The van der Waals surface area contributed by atoms with Gasteiger partial charge in [0.15, 0.2) is 0 Å². The minimum atomic E-state index is 0.0840. The summed E-state index contributed by atoms with van der Waals surface area (Å²) in [6, 6.07) is 0.0840. The zero-order valence-corrected chi connectivity index (χ0v) is 12.6. The van der Waals surface area contributed by atoms with E-state index < -0.39 is 0 Å². The number of aryl methyl sites for hydroxylation is 2. The second-order valence-electron chi connectivity index (χ2n) is 5.37. The van der Waals surface area contributed by atoms with E-state index in [4.69, 9.17) is 22.1 Å². The summed E-state index contributed by atoms with van der Waals surface area (Å²) in [5.74, 6) is 0. The maximum Gasteiger partial charge on any atom is 0.0850 e. The first-order chi connectivity index (χ1) is 9.11. The summed E-state index contributed by atoms with van der Waals surface area (Å²) in [6.45, 7) is 2.94. The highest BCUT2D eigenvalue weighted by atomic mass is 35.5. The molecule has 5 heteroatoms. The number of nitrogens with zero attached hydrogens (tertiary/aromatic N) is 2. The summed E-state index contributed by atoms with van der Waals surface area (Å²) in [7, 11) is 1.93. The molecule has 1 fully saturated rings. The monoisotopic (exact) mass is 285 g/mol. The normalized spacial score (nSPS) is 21.6. The van der Waals surface area contributed by atoms with Crippen molar-refractivity contribution in [3.63, 3.8) is 0 Å². The molecular weight excluding hydrogens is 262 g/mol. The van der Waals surface area contributed by atoms with Crippen molar-refractivity contribution < 1.29 is 4.74 Å². The summed E-state index contributed by atoms with van der Waals surface area (Å²) >= 11 is 6.35. The number of ether oxygens (including phenoxy) is 1. The van der Waals surface area contributed by atoms with Gasteiger partial charge in [0.05, 0.1) is 22.5 Å². The SMILES string of the molecule is CCc1nn(C)c(CC(N)CC2CCCCO2)c1Cl. The van der Waals surface area contributed by atoms with E-state index in [1.54, 1.807) is 0 Å². The summed E-state index contributed by atoms with van der Waals surface area (Å²) in [6.07, 6.45) is 6.41. The molecule has 2 heterocycles. The second kappa shape index (κ2) is 6.73. The summed E-state index contributed by atoms with van der Waals surface area (Å²) in [5, 5.41) is 5.21. The van der Waals surface area contributed by atoms with Crippen molar-refractivity contribution in [2.75, 3.05) is 6.61 Å². The molecule has 0 aromatic carbocycles. The predicted molar refractivity (Wildman–Crippen MR) is 77.5 cm³/mol. The standard InChI is InChI=1S/C14H24ClN3O/c1-3-12-14(15)13(18(2)17-12)9-10(16)8-11-6-4-5-7-19-11/h10-11H,3-9,16H2,1-2H3. The molecule has 108 valence electrons. The molecule has 2 unspecified atom stereocenters. The van der Waals surface area contributed by atoms with Crippen LogP contribution in [-0.4, -0.2) is 28.5 Å². The zero-order valence-electron chi connectivity index (χ0n) is 11.9. The highest BCUT2D eigenvalue weighted by molar-refractivity contribution is 6.31. The molecule has 0 spiro atoms. The van der Waals surface area contributed by atoms with Crippen LogP contribution in [-0.2, 0) is 24.6 Å². The van der Waals surface area contributed by atoms with Gasteiger partial charge in [-0.15, -0.1) is 0 Å². The highest BCUT2D eigenvalue weighted by Crippen LogP contribution is 2.23. The molecule has 2 atom stereocenters. The first kappa shape index (κ1) is 14.8. The average molecular weight is 286 g/mol. The number of hydrogen-bond acceptors (Lipinski definition) is 3. The van der Waals surface area contributed by atoms with Gasteiger partial charge < -0.3 is 10.5 Å². The third-order valence-electron chi connectivity index (χ3n) is 3.80. The van der Waals surface area contributed by atoms with Crippen molar-refractivity contribution in [3.8, 4) is 0 Å². The van der Waals surface area contributed by atoms with E-state index in [0.29, 0.717) is 6.10 Å². The van der Waals surface area contributed by atoms with E-state index in [1.165, 1.54) is 12.8 Å². The molecule has 2 rings (SSSR count). The van der Waals surface area contributed by atoms with Gasteiger partial charge in [-0.05, 0) is 32.1 Å². The van der Waals surface area contributed by atoms with Gasteiger partial charge in [0.1, 0.15) is 0 Å². The molecule has 0 saturated carbocycles. The van der Waals surface area contributed by atoms with Crippen LogP contribution in [0.3, 0.4) is 0 Å². The zero-order chi connectivity index (χ0) is 13.8. The fraction of sp³-hybridized carbons (Fsp3) is 0.786. The van der Waals surface area contributed by atoms with Gasteiger partial charge in [0.25, 0.3) is 0 Å². The topological polar surface area (TPSA) is 53.1 Å². The van der Waals surface area contributed by atoms with Gasteiger partial charge in [-0.1, -0.05) is 18.5 Å². The molecule has 1 aliphatic heterocycles. The van der Waals surface area contributed by atoms with E-state index in [-0.39, 0.29) is 6.04 Å². The molecule has 0 aliphatic carbocycles. The minimum Gasteiger partial charge on any atom is -0.378 e. The van der Waals surface area contributed by atoms with Crippen LogP contribution < -0.4 is 5.73 Å². The average Bonchev–Trinajstić information content (AvgIpc) is 2.67. The van der Waals surface area contributed by atoms with E-state index in [2.05, 4.69) is 12.0 Å². The van der Waals surface area contributed by atoms with Gasteiger partial charge in [-0.3, -0.25) is 4.68 Å². The Morgan fingerprint density at radius 2 is 2.32 bits per heavy atom. The van der Waals surface area contributed by atoms with E-state index in [1.807, 2.05) is 11.7 Å². The van der Waals surface area contributed by atoms with Crippen LogP contribution in [0.25, 0.3) is 0 Å². The Balaban J connectivity index is 1.94. The van der Waals surface area contributed by atoms with Gasteiger partial charge in [-0.25, -0.2) is 0 Å². The molecule has 4 nitrogen and oxygen atoms in total. The lowest BCUT2D eigenvalue weighted by molar-refractivity contribution is 0.00739. The van der Waals surface area contributed by atoms with Crippen LogP contribution in [0.1, 0.15) is 44.0 Å². The van der Waals surface area contributed by atoms with Crippen LogP contribution in [0.15, 0.2) is 0 Å². The Hall–Kier alpha value is -0.580. The van der Waals surface area contributed by atoms with Crippen LogP contribution in [0.2, 0.25) is 5.02 Å². The van der Waals surface area contributed by atoms with Crippen molar-refractivity contribution in [1.29, 1.82) is 0 Å². The van der Waals surface area contributed by atoms with E-state index >= 15 is 0 Å². The Labute approximate surface area is 120 Å². The Morgan fingerprint density at radius 1 is 1.53 bits per heavy atom. The van der Waals surface area contributed by atoms with Crippen molar-refractivity contribution in [3.05, 3.63) is 16.4 Å². The summed E-state index contributed by atoms with van der Waals surface area (Å²) in [4.78, 5) is 0. The first-order valence-corrected chi connectivity index (χ1v) is 7.57. The van der Waals surface area contributed by atoms with E-state index in [0.717, 1.165) is 48.7 Å². The lowest BCUT2D eigenvalue weighted by Crippen LogP contribution is -2.32. The van der Waals surface area contributed by atoms with Crippen molar-refractivity contribution in [2.45, 2.75) is 57.6 Å². The molecule has 19 heavy (non-hydrogen) atoms. The smallest absolute Gasteiger partial charge is 0.0850 e. The fourth-order valence-corrected chi connectivity index (χ4v) is 3.08. The summed E-state index contributed by atoms with van der Waals surface area (Å²) < 4.78 is 7.60. The molecule has 0 bridgehead atoms. The third kappa shape index (κ3) is 3.71. The van der Waals surface area contributed by atoms with Gasteiger partial charge in [0.2, 0.25) is 0 Å². The van der Waals surface area contributed by atoms with Gasteiger partial charge in [-0.2, -0.15) is 5.10 Å². The van der Waals surface area contributed by atoms with Crippen LogP contribution in [0.4, 0.5) is 0 Å². The predicted octanol–water partition coefficient (Wildman–Crippen LogP) is 2.46. The molecule has 1 aromatic rings. The maximum absolute atomic E-state index is 6.35. The molecule has 1 saturated heterocycles. The maximum atomic E-state index is 6.35. The van der Waals surface area contributed by atoms with Crippen molar-refractivity contribution in [2.24, 2.45) is 12.8 Å². The molecular formula is C14H24ClN3O. The third-order valence-corrected chi connectivity index (χ3v) is 4.23. The number of aromatic nitrogens is 2. The quantitative estimate of drug-likeness (QED) is 0.904. The fourth-order valence-electron chi connectivity index (χ4n) is 2.70. The second-order valence-corrected chi connectivity index (χ2v) is 5.75. The Kier molecular flexibility index (Phi) is 5.25. The molecule has 0 amide bonds. The van der Waals surface area contributed by atoms with E-state index in [9.17, 15) is 0 Å². The molecule has 0 radical (unpaired) electrons. The Bertz CT molecular complexity index is 413. The van der Waals surface area contributed by atoms with Crippen molar-refractivity contribution >= 4 is 11.6 Å². The first-order valence-electron chi connectivity index (χ1n) is 7.19.